The van der Waals surface area contributed by atoms with Gasteiger partial charge in [0, 0.05) is 22.7 Å². The molecule has 9 nitrogen and oxygen atoms in total. The Labute approximate surface area is 184 Å². The molecule has 1 saturated heterocycles. The molecule has 0 unspecified atom stereocenters. The first-order valence-corrected chi connectivity index (χ1v) is 10.5. The average molecular weight is 436 g/mol. The van der Waals surface area contributed by atoms with Gasteiger partial charge in [0.05, 0.1) is 23.6 Å². The second-order valence-electron chi connectivity index (χ2n) is 9.73. The van der Waals surface area contributed by atoms with Crippen molar-refractivity contribution in [3.8, 4) is 22.7 Å². The Kier molecular flexibility index (Phi) is 4.52. The molecule has 2 N–H and O–H groups in total. The van der Waals surface area contributed by atoms with Crippen molar-refractivity contribution in [3.63, 3.8) is 0 Å². The average Bonchev–Trinajstić information content (AvgIpc) is 3.31. The minimum Gasteiger partial charge on any atom is -0.507 e. The maximum atomic E-state index is 13.2. The second kappa shape index (κ2) is 7.06. The van der Waals surface area contributed by atoms with E-state index in [4.69, 9.17) is 0 Å². The number of aromatic nitrogens is 7. The van der Waals surface area contributed by atoms with E-state index in [-0.39, 0.29) is 22.9 Å². The van der Waals surface area contributed by atoms with Crippen LogP contribution in [0, 0.1) is 5.95 Å². The molecule has 10 heteroatoms. The summed E-state index contributed by atoms with van der Waals surface area (Å²) in [6.07, 6.45) is 4.38. The third-order valence-electron chi connectivity index (χ3n) is 5.84. The number of imidazole rings is 1. The minimum absolute atomic E-state index is 0.000459. The number of aromatic hydroxyl groups is 1. The zero-order valence-corrected chi connectivity index (χ0v) is 18.4. The van der Waals surface area contributed by atoms with E-state index in [9.17, 15) is 9.50 Å². The largest absolute Gasteiger partial charge is 0.507 e. The van der Waals surface area contributed by atoms with Gasteiger partial charge >= 0.3 is 0 Å². The topological polar surface area (TPSA) is 107 Å². The van der Waals surface area contributed by atoms with Crippen LogP contribution in [0.1, 0.15) is 46.6 Å². The number of hydrogen-bond acceptors (Lipinski definition) is 7. The molecule has 0 saturated carbocycles. The van der Waals surface area contributed by atoms with Crippen molar-refractivity contribution in [2.24, 2.45) is 0 Å². The number of nitrogens with zero attached hydrogens (tertiary/aromatic N) is 7. The lowest BCUT2D eigenvalue weighted by atomic mass is 9.80. The maximum Gasteiger partial charge on any atom is 0.231 e. The summed E-state index contributed by atoms with van der Waals surface area (Å²) in [6, 6.07) is 6.90. The normalized spacial score (nSPS) is 18.3. The third-order valence-corrected chi connectivity index (χ3v) is 5.84. The molecule has 1 aliphatic heterocycles. The lowest BCUT2D eigenvalue weighted by molar-refractivity contribution is 0.127. The zero-order valence-electron chi connectivity index (χ0n) is 18.4. The van der Waals surface area contributed by atoms with Gasteiger partial charge in [0.2, 0.25) is 11.6 Å². The molecule has 1 aliphatic rings. The fourth-order valence-electron chi connectivity index (χ4n) is 4.91. The van der Waals surface area contributed by atoms with E-state index >= 15 is 0 Å². The fraction of sp³-hybridized carbons (Fsp3) is 0.409. The highest BCUT2D eigenvalue weighted by atomic mass is 19.1. The van der Waals surface area contributed by atoms with E-state index in [2.05, 4.69) is 58.5 Å². The highest BCUT2D eigenvalue weighted by Crippen LogP contribution is 2.37. The van der Waals surface area contributed by atoms with Crippen LogP contribution in [0.25, 0.3) is 28.1 Å². The van der Waals surface area contributed by atoms with Gasteiger partial charge in [0.1, 0.15) is 17.6 Å². The summed E-state index contributed by atoms with van der Waals surface area (Å²) in [4.78, 5) is 3.57. The van der Waals surface area contributed by atoms with Crippen LogP contribution in [-0.4, -0.2) is 50.9 Å². The summed E-state index contributed by atoms with van der Waals surface area (Å²) in [7, 11) is 0. The molecule has 0 spiro atoms. The highest BCUT2D eigenvalue weighted by Gasteiger charge is 2.39. The smallest absolute Gasteiger partial charge is 0.231 e. The number of fused-ring (bicyclic) bond motifs is 1. The fourth-order valence-corrected chi connectivity index (χ4v) is 4.91. The van der Waals surface area contributed by atoms with Crippen LogP contribution in [-0.2, 0) is 0 Å². The standard InChI is InChI=1S/C22H25FN8O/c1-21(2)9-14(10-22(3,4)28-21)31-20-17(26-29-31)8-16(25-27-20)15-6-5-13(7-18(15)32)30-11-19(23)24-12-30/h5-8,11-12,14,28,32H,9-10H2,1-4H3. The summed E-state index contributed by atoms with van der Waals surface area (Å²) in [5.41, 5.74) is 2.73. The van der Waals surface area contributed by atoms with Crippen LogP contribution >= 0.6 is 0 Å². The zero-order chi connectivity index (χ0) is 22.7. The molecule has 0 atom stereocenters. The molecule has 3 aromatic heterocycles. The van der Waals surface area contributed by atoms with Crippen molar-refractivity contribution in [3.05, 3.63) is 42.7 Å². The van der Waals surface area contributed by atoms with Crippen LogP contribution in [0.4, 0.5) is 4.39 Å². The van der Waals surface area contributed by atoms with E-state index in [1.54, 1.807) is 18.2 Å². The molecule has 0 aliphatic carbocycles. The Morgan fingerprint density at radius 2 is 1.81 bits per heavy atom. The van der Waals surface area contributed by atoms with Gasteiger partial charge in [-0.3, -0.25) is 0 Å². The molecule has 1 fully saturated rings. The number of benzene rings is 1. The van der Waals surface area contributed by atoms with Gasteiger partial charge in [0.15, 0.2) is 0 Å². The van der Waals surface area contributed by atoms with Crippen molar-refractivity contribution in [2.75, 3.05) is 0 Å². The molecule has 166 valence electrons. The van der Waals surface area contributed by atoms with Gasteiger partial charge in [-0.25, -0.2) is 9.67 Å². The van der Waals surface area contributed by atoms with Gasteiger partial charge in [-0.1, -0.05) is 5.21 Å². The molecule has 32 heavy (non-hydrogen) atoms. The van der Waals surface area contributed by atoms with Crippen LogP contribution in [0.5, 0.6) is 5.75 Å². The quantitative estimate of drug-likeness (QED) is 0.507. The van der Waals surface area contributed by atoms with Crippen LogP contribution in [0.15, 0.2) is 36.8 Å². The first kappa shape index (κ1) is 20.5. The molecular formula is C22H25FN8O. The van der Waals surface area contributed by atoms with E-state index in [0.29, 0.717) is 28.1 Å². The number of piperidine rings is 1. The first-order chi connectivity index (χ1) is 15.1. The summed E-state index contributed by atoms with van der Waals surface area (Å²) >= 11 is 0. The van der Waals surface area contributed by atoms with Crippen molar-refractivity contribution in [1.29, 1.82) is 0 Å². The molecule has 4 heterocycles. The predicted molar refractivity (Wildman–Crippen MR) is 117 cm³/mol. The van der Waals surface area contributed by atoms with Crippen LogP contribution in [0.3, 0.4) is 0 Å². The molecule has 0 radical (unpaired) electrons. The lowest BCUT2D eigenvalue weighted by Crippen LogP contribution is -2.58. The van der Waals surface area contributed by atoms with Crippen molar-refractivity contribution in [1.82, 2.24) is 40.1 Å². The van der Waals surface area contributed by atoms with Gasteiger partial charge in [-0.2, -0.15) is 4.39 Å². The van der Waals surface area contributed by atoms with E-state index in [1.165, 1.54) is 23.2 Å². The Balaban J connectivity index is 1.48. The molecule has 4 aromatic rings. The Hall–Kier alpha value is -3.40. The number of phenols is 1. The third kappa shape index (κ3) is 3.70. The monoisotopic (exact) mass is 436 g/mol. The first-order valence-electron chi connectivity index (χ1n) is 10.5. The Bertz CT molecular complexity index is 1290. The van der Waals surface area contributed by atoms with Crippen molar-refractivity contribution in [2.45, 2.75) is 57.7 Å². The maximum absolute atomic E-state index is 13.2. The molecule has 1 aromatic carbocycles. The number of hydrogen-bond donors (Lipinski definition) is 2. The van der Waals surface area contributed by atoms with E-state index in [1.807, 2.05) is 4.68 Å². The lowest BCUT2D eigenvalue weighted by Gasteiger charge is -2.46. The minimum atomic E-state index is -0.589. The van der Waals surface area contributed by atoms with Crippen molar-refractivity contribution < 1.29 is 9.50 Å². The Morgan fingerprint density at radius 1 is 1.06 bits per heavy atom. The molecule has 0 bridgehead atoms. The SMILES string of the molecule is CC1(C)CC(n2nnc3cc(-c4ccc(-n5cnc(F)c5)cc4O)nnc32)CC(C)(C)N1. The number of rotatable bonds is 3. The number of phenolic OH excluding ortho intramolecular Hbond substituents is 1. The van der Waals surface area contributed by atoms with Crippen LogP contribution < -0.4 is 5.32 Å². The van der Waals surface area contributed by atoms with Crippen molar-refractivity contribution >= 4 is 11.2 Å². The number of nitrogens with one attached hydrogen (secondary N) is 1. The van der Waals surface area contributed by atoms with Gasteiger partial charge < -0.3 is 15.0 Å². The van der Waals surface area contributed by atoms with Gasteiger partial charge in [-0.05, 0) is 58.7 Å². The summed E-state index contributed by atoms with van der Waals surface area (Å²) < 4.78 is 16.6. The summed E-state index contributed by atoms with van der Waals surface area (Å²) in [5, 5.41) is 31.7. The van der Waals surface area contributed by atoms with E-state index in [0.717, 1.165) is 12.8 Å². The predicted octanol–water partition coefficient (Wildman–Crippen LogP) is 3.40. The summed E-state index contributed by atoms with van der Waals surface area (Å²) in [5.74, 6) is -0.590. The second-order valence-corrected chi connectivity index (χ2v) is 9.73. The van der Waals surface area contributed by atoms with Gasteiger partial charge in [0.25, 0.3) is 0 Å². The highest BCUT2D eigenvalue weighted by molar-refractivity contribution is 5.77. The molecular weight excluding hydrogens is 411 g/mol. The van der Waals surface area contributed by atoms with E-state index < -0.39 is 5.95 Å². The molecule has 5 rings (SSSR count). The summed E-state index contributed by atoms with van der Waals surface area (Å²) in [6.45, 7) is 8.76. The molecule has 0 amide bonds. The number of halogens is 1. The Morgan fingerprint density at radius 3 is 2.47 bits per heavy atom. The van der Waals surface area contributed by atoms with Crippen LogP contribution in [0.2, 0.25) is 0 Å². The van der Waals surface area contributed by atoms with Gasteiger partial charge in [-0.15, -0.1) is 15.3 Å².